The first-order valence-electron chi connectivity index (χ1n) is 9.05. The summed E-state index contributed by atoms with van der Waals surface area (Å²) >= 11 is 6.21. The van der Waals surface area contributed by atoms with Crippen molar-refractivity contribution in [3.8, 4) is 0 Å². The maximum atomic E-state index is 11.6. The first-order chi connectivity index (χ1) is 16.0. The molecule has 0 aromatic heterocycles. The third-order valence-electron chi connectivity index (χ3n) is 4.18. The van der Waals surface area contributed by atoms with Crippen molar-refractivity contribution in [2.45, 2.75) is 12.3 Å². The van der Waals surface area contributed by atoms with Gasteiger partial charge in [0.15, 0.2) is 5.92 Å². The molecule has 0 aliphatic carbocycles. The van der Waals surface area contributed by atoms with Gasteiger partial charge in [0.1, 0.15) is 0 Å². The number of carbonyl (C=O) groups excluding carboxylic acids is 3. The van der Waals surface area contributed by atoms with Crippen LogP contribution in [0.2, 0.25) is 0 Å². The highest BCUT2D eigenvalue weighted by molar-refractivity contribution is 9.10. The summed E-state index contributed by atoms with van der Waals surface area (Å²) in [4.78, 5) is 54.7. The van der Waals surface area contributed by atoms with E-state index in [1.165, 1.54) is 37.4 Å². The third-order valence-corrected chi connectivity index (χ3v) is 5.17. The van der Waals surface area contributed by atoms with Crippen molar-refractivity contribution in [2.24, 2.45) is 0 Å². The van der Waals surface area contributed by atoms with Gasteiger partial charge in [-0.15, -0.1) is 0 Å². The Morgan fingerprint density at radius 1 is 0.824 bits per heavy atom. The molecule has 182 valence electrons. The second-order valence-electron chi connectivity index (χ2n) is 6.22. The predicted octanol–water partition coefficient (Wildman–Crippen LogP) is 3.86. The van der Waals surface area contributed by atoms with Crippen molar-refractivity contribution in [1.29, 1.82) is 0 Å². The lowest BCUT2D eigenvalue weighted by molar-refractivity contribution is -0.385. The van der Waals surface area contributed by atoms with Crippen LogP contribution in [0.3, 0.4) is 0 Å². The zero-order chi connectivity index (χ0) is 26.0. The second kappa shape index (κ2) is 13.3. The van der Waals surface area contributed by atoms with Crippen LogP contribution in [0.5, 0.6) is 0 Å². The lowest BCUT2D eigenvalue weighted by Crippen LogP contribution is -2.25. The fraction of sp³-hybridized carbons (Fsp3) is 0.250. The molecule has 2 aromatic carbocycles. The van der Waals surface area contributed by atoms with Gasteiger partial charge in [-0.2, -0.15) is 0 Å². The molecule has 0 N–H and O–H groups in total. The van der Waals surface area contributed by atoms with Gasteiger partial charge in [-0.05, 0) is 18.2 Å². The quantitative estimate of drug-likeness (QED) is 0.149. The van der Waals surface area contributed by atoms with E-state index in [-0.39, 0.29) is 23.4 Å². The third kappa shape index (κ3) is 7.88. The van der Waals surface area contributed by atoms with E-state index < -0.39 is 33.7 Å². The van der Waals surface area contributed by atoms with Gasteiger partial charge in [0, 0.05) is 26.6 Å². The average molecular weight is 606 g/mol. The Hall–Kier alpha value is -3.39. The normalized spacial score (nSPS) is 9.94. The Morgan fingerprint density at radius 3 is 1.74 bits per heavy atom. The maximum Gasteiger partial charge on any atom is 0.324 e. The molecule has 0 bridgehead atoms. The van der Waals surface area contributed by atoms with Crippen LogP contribution < -0.4 is 0 Å². The Balaban J connectivity index is 0.000000350. The molecule has 0 saturated heterocycles. The summed E-state index contributed by atoms with van der Waals surface area (Å²) in [6.45, 7) is 0. The van der Waals surface area contributed by atoms with Crippen LogP contribution in [-0.4, -0.2) is 49.1 Å². The zero-order valence-corrected chi connectivity index (χ0v) is 21.2. The molecule has 0 aliphatic rings. The van der Waals surface area contributed by atoms with Gasteiger partial charge in [-0.25, -0.2) is 0 Å². The molecule has 0 atom stereocenters. The van der Waals surface area contributed by atoms with Crippen molar-refractivity contribution in [3.05, 3.63) is 76.7 Å². The molecule has 2 rings (SSSR count). The number of nitro groups is 2. The van der Waals surface area contributed by atoms with Gasteiger partial charge in [0.25, 0.3) is 11.4 Å². The molecule has 0 amide bonds. The van der Waals surface area contributed by atoms with E-state index in [1.807, 2.05) is 0 Å². The lowest BCUT2D eigenvalue weighted by Gasteiger charge is -2.13. The number of benzene rings is 2. The summed E-state index contributed by atoms with van der Waals surface area (Å²) in [5.41, 5.74) is -0.188. The van der Waals surface area contributed by atoms with E-state index in [4.69, 9.17) is 0 Å². The Labute approximate surface area is 209 Å². The molecular formula is C20H18Br2N2O10. The molecule has 0 radical (unpaired) electrons. The molecule has 12 nitrogen and oxygen atoms in total. The number of nitro benzene ring substituents is 2. The molecule has 0 heterocycles. The van der Waals surface area contributed by atoms with Crippen molar-refractivity contribution in [3.63, 3.8) is 0 Å². The lowest BCUT2D eigenvalue weighted by atomic mass is 9.97. The van der Waals surface area contributed by atoms with Gasteiger partial charge in [0.05, 0.1) is 43.2 Å². The molecule has 14 heteroatoms. The number of hydrogen-bond acceptors (Lipinski definition) is 10. The van der Waals surface area contributed by atoms with Gasteiger partial charge in [-0.1, -0.05) is 37.9 Å². The number of halogens is 2. The topological polar surface area (TPSA) is 165 Å². The minimum atomic E-state index is -1.48. The minimum absolute atomic E-state index is 0.0769. The molecular weight excluding hydrogens is 588 g/mol. The highest BCUT2D eigenvalue weighted by Crippen LogP contribution is 2.31. The summed E-state index contributed by atoms with van der Waals surface area (Å²) in [7, 11) is 3.42. The van der Waals surface area contributed by atoms with Crippen LogP contribution in [0.15, 0.2) is 45.3 Å². The largest absolute Gasteiger partial charge is 0.469 e. The molecule has 34 heavy (non-hydrogen) atoms. The van der Waals surface area contributed by atoms with E-state index in [2.05, 4.69) is 46.1 Å². The first-order valence-corrected chi connectivity index (χ1v) is 10.6. The number of hydrogen-bond donors (Lipinski definition) is 0. The summed E-state index contributed by atoms with van der Waals surface area (Å²) in [5.74, 6) is -3.82. The summed E-state index contributed by atoms with van der Waals surface area (Å²) in [6, 6.07) is 8.53. The molecule has 0 fully saturated rings. The van der Waals surface area contributed by atoms with Crippen molar-refractivity contribution >= 4 is 61.1 Å². The summed E-state index contributed by atoms with van der Waals surface area (Å²) < 4.78 is 14.5. The van der Waals surface area contributed by atoms with E-state index in [1.54, 1.807) is 6.07 Å². The van der Waals surface area contributed by atoms with Crippen molar-refractivity contribution in [2.75, 3.05) is 21.3 Å². The van der Waals surface area contributed by atoms with Crippen LogP contribution in [-0.2, 0) is 35.0 Å². The minimum Gasteiger partial charge on any atom is -0.469 e. The Kier molecular flexibility index (Phi) is 11.2. The Morgan fingerprint density at radius 2 is 1.29 bits per heavy atom. The van der Waals surface area contributed by atoms with Crippen LogP contribution in [0.1, 0.15) is 17.0 Å². The summed E-state index contributed by atoms with van der Waals surface area (Å²) in [5, 5.41) is 21.7. The summed E-state index contributed by atoms with van der Waals surface area (Å²) in [6.07, 6.45) is -0.0971. The Bertz CT molecular complexity index is 1090. The van der Waals surface area contributed by atoms with Crippen molar-refractivity contribution < 1.29 is 38.4 Å². The number of methoxy groups -OCH3 is 3. The highest BCUT2D eigenvalue weighted by Gasteiger charge is 2.36. The van der Waals surface area contributed by atoms with E-state index in [9.17, 15) is 34.6 Å². The fourth-order valence-electron chi connectivity index (χ4n) is 2.59. The van der Waals surface area contributed by atoms with Crippen LogP contribution in [0.4, 0.5) is 11.4 Å². The second-order valence-corrected chi connectivity index (χ2v) is 8.05. The van der Waals surface area contributed by atoms with Crippen molar-refractivity contribution in [1.82, 2.24) is 0 Å². The van der Waals surface area contributed by atoms with Crippen LogP contribution >= 0.6 is 31.9 Å². The monoisotopic (exact) mass is 604 g/mol. The van der Waals surface area contributed by atoms with Gasteiger partial charge in [-0.3, -0.25) is 34.6 Å². The molecule has 0 unspecified atom stereocenters. The van der Waals surface area contributed by atoms with Crippen LogP contribution in [0.25, 0.3) is 0 Å². The predicted molar refractivity (Wildman–Crippen MR) is 124 cm³/mol. The van der Waals surface area contributed by atoms with Gasteiger partial charge in [0.2, 0.25) is 0 Å². The standard InChI is InChI=1S/C11H10BrNO6.C9H8BrNO4/c1-18-10(14)9(11(15)19-2)7-4-3-6(12)5-8(7)13(16)17;1-15-9(12)4-6-2-3-7(10)5-8(6)11(13)14/h3-5,9H,1-2H3;2-3,5H,4H2,1H3. The number of carbonyl (C=O) groups is 3. The molecule has 0 aliphatic heterocycles. The first kappa shape index (κ1) is 28.6. The zero-order valence-electron chi connectivity index (χ0n) is 18.0. The van der Waals surface area contributed by atoms with E-state index >= 15 is 0 Å². The average Bonchev–Trinajstić information content (AvgIpc) is 2.80. The van der Waals surface area contributed by atoms with Crippen LogP contribution in [0, 0.1) is 20.2 Å². The van der Waals surface area contributed by atoms with E-state index in [0.29, 0.717) is 14.5 Å². The molecule has 0 saturated carbocycles. The maximum absolute atomic E-state index is 11.6. The van der Waals surface area contributed by atoms with Gasteiger partial charge >= 0.3 is 17.9 Å². The smallest absolute Gasteiger partial charge is 0.324 e. The number of rotatable bonds is 7. The SMILES string of the molecule is COC(=O)C(C(=O)OC)c1ccc(Br)cc1[N+](=O)[O-].COC(=O)Cc1ccc(Br)cc1[N+](=O)[O-]. The number of esters is 3. The molecule has 2 aromatic rings. The number of nitrogens with zero attached hydrogens (tertiary/aromatic N) is 2. The van der Waals surface area contributed by atoms with E-state index in [0.717, 1.165) is 14.2 Å². The highest BCUT2D eigenvalue weighted by atomic mass is 79.9. The number of ether oxygens (including phenoxy) is 3. The fourth-order valence-corrected chi connectivity index (χ4v) is 3.29. The van der Waals surface area contributed by atoms with Gasteiger partial charge < -0.3 is 14.2 Å². The molecule has 0 spiro atoms.